The summed E-state index contributed by atoms with van der Waals surface area (Å²) in [5, 5.41) is 0.812. The van der Waals surface area contributed by atoms with Crippen LogP contribution in [0.5, 0.6) is 0 Å². The topological polar surface area (TPSA) is 59.2 Å². The van der Waals surface area contributed by atoms with Crippen LogP contribution in [-0.2, 0) is 4.79 Å². The Kier molecular flexibility index (Phi) is 5.24. The van der Waals surface area contributed by atoms with Crippen LogP contribution >= 0.6 is 23.1 Å². The van der Waals surface area contributed by atoms with Gasteiger partial charge in [-0.1, -0.05) is 23.5 Å². The molecule has 2 heterocycles. The molecule has 1 amide bonds. The van der Waals surface area contributed by atoms with Crippen molar-refractivity contribution in [3.63, 3.8) is 0 Å². The lowest BCUT2D eigenvalue weighted by Gasteiger charge is -2.30. The van der Waals surface area contributed by atoms with Crippen LogP contribution in [0.2, 0.25) is 0 Å². The molecule has 0 aliphatic carbocycles. The molecule has 0 saturated carbocycles. The largest absolute Gasteiger partial charge is 0.446 e. The van der Waals surface area contributed by atoms with Crippen LogP contribution < -0.4 is 10.6 Å². The Balaban J connectivity index is 1.72. The van der Waals surface area contributed by atoms with E-state index >= 15 is 0 Å². The van der Waals surface area contributed by atoms with Crippen molar-refractivity contribution in [2.45, 2.75) is 23.2 Å². The Labute approximate surface area is 151 Å². The fourth-order valence-corrected chi connectivity index (χ4v) is 4.31. The number of hydrogen-bond acceptors (Lipinski definition) is 5. The van der Waals surface area contributed by atoms with Crippen molar-refractivity contribution < 1.29 is 18.0 Å². The van der Waals surface area contributed by atoms with Crippen LogP contribution in [0.25, 0.3) is 10.4 Å². The summed E-state index contributed by atoms with van der Waals surface area (Å²) in [6.45, 7) is 1.40. The van der Waals surface area contributed by atoms with Gasteiger partial charge in [0.25, 0.3) is 0 Å². The van der Waals surface area contributed by atoms with Gasteiger partial charge in [0.2, 0.25) is 5.91 Å². The number of alkyl halides is 3. The van der Waals surface area contributed by atoms with E-state index in [4.69, 9.17) is 5.73 Å². The van der Waals surface area contributed by atoms with E-state index in [1.165, 1.54) is 23.5 Å². The third-order valence-corrected chi connectivity index (χ3v) is 5.84. The number of carbonyl (C=O) groups is 1. The van der Waals surface area contributed by atoms with Gasteiger partial charge < -0.3 is 10.6 Å². The highest BCUT2D eigenvalue weighted by Gasteiger charge is 2.29. The second-order valence-electron chi connectivity index (χ2n) is 5.75. The number of rotatable bonds is 4. The molecule has 3 rings (SSSR count). The lowest BCUT2D eigenvalue weighted by molar-refractivity contribution is -0.122. The summed E-state index contributed by atoms with van der Waals surface area (Å²) < 4.78 is 37.6. The number of carbonyl (C=O) groups excluding carboxylic acids is 1. The summed E-state index contributed by atoms with van der Waals surface area (Å²) in [5.74, 6) is -0.356. The van der Waals surface area contributed by atoms with Crippen molar-refractivity contribution in [3.05, 3.63) is 30.5 Å². The van der Waals surface area contributed by atoms with Crippen molar-refractivity contribution in [2.75, 3.05) is 18.0 Å². The number of thiazole rings is 1. The number of nitrogens with two attached hydrogens (primary N) is 1. The Bertz CT molecular complexity index is 755. The molecule has 0 bridgehead atoms. The number of aromatic nitrogens is 1. The Morgan fingerprint density at radius 3 is 2.68 bits per heavy atom. The zero-order valence-corrected chi connectivity index (χ0v) is 14.8. The fraction of sp³-hybridized carbons (Fsp3) is 0.375. The molecular weight excluding hydrogens is 371 g/mol. The molecule has 1 aliphatic rings. The number of amides is 1. The predicted molar refractivity (Wildman–Crippen MR) is 93.6 cm³/mol. The second kappa shape index (κ2) is 7.25. The maximum Gasteiger partial charge on any atom is 0.446 e. The summed E-state index contributed by atoms with van der Waals surface area (Å²) in [5.41, 5.74) is 1.75. The monoisotopic (exact) mass is 387 g/mol. The first-order valence-corrected chi connectivity index (χ1v) is 9.31. The lowest BCUT2D eigenvalue weighted by atomic mass is 9.97. The summed E-state index contributed by atoms with van der Waals surface area (Å²) in [4.78, 5) is 18.7. The zero-order valence-electron chi connectivity index (χ0n) is 13.1. The maximum absolute atomic E-state index is 12.5. The standard InChI is InChI=1S/C16H16F3N3OS2/c17-16(18,19)25-12-3-1-2-11(8-12)13-9-21-15(24-13)22-6-4-10(5-7-22)14(20)23/h1-3,8-10H,4-7H2,(H2,20,23). The smallest absolute Gasteiger partial charge is 0.369 e. The molecule has 2 aromatic rings. The van der Waals surface area contributed by atoms with Gasteiger partial charge in [-0.25, -0.2) is 4.98 Å². The van der Waals surface area contributed by atoms with E-state index in [0.717, 1.165) is 10.0 Å². The predicted octanol–water partition coefficient (Wildman–Crippen LogP) is 4.12. The van der Waals surface area contributed by atoms with Crippen molar-refractivity contribution in [3.8, 4) is 10.4 Å². The highest BCUT2D eigenvalue weighted by molar-refractivity contribution is 8.00. The molecule has 1 aromatic heterocycles. The van der Waals surface area contributed by atoms with Crippen LogP contribution in [0.3, 0.4) is 0 Å². The number of piperidine rings is 1. The molecule has 4 nitrogen and oxygen atoms in total. The Morgan fingerprint density at radius 1 is 1.32 bits per heavy atom. The van der Waals surface area contributed by atoms with E-state index in [1.54, 1.807) is 18.3 Å². The highest BCUT2D eigenvalue weighted by Crippen LogP contribution is 2.39. The molecule has 1 fully saturated rings. The van der Waals surface area contributed by atoms with Crippen LogP contribution in [0.4, 0.5) is 18.3 Å². The quantitative estimate of drug-likeness (QED) is 0.802. The van der Waals surface area contributed by atoms with E-state index in [9.17, 15) is 18.0 Å². The van der Waals surface area contributed by atoms with Gasteiger partial charge in [-0.05, 0) is 42.3 Å². The normalized spacial score (nSPS) is 16.2. The molecule has 0 radical (unpaired) electrons. The van der Waals surface area contributed by atoms with Gasteiger partial charge in [0.1, 0.15) is 0 Å². The summed E-state index contributed by atoms with van der Waals surface area (Å²) in [7, 11) is 0. The van der Waals surface area contributed by atoms with E-state index in [1.807, 2.05) is 0 Å². The highest BCUT2D eigenvalue weighted by atomic mass is 32.2. The SMILES string of the molecule is NC(=O)C1CCN(c2ncc(-c3cccc(SC(F)(F)F)c3)s2)CC1. The number of primary amides is 1. The van der Waals surface area contributed by atoms with Gasteiger partial charge in [-0.3, -0.25) is 4.79 Å². The number of anilines is 1. The number of nitrogens with zero attached hydrogens (tertiary/aromatic N) is 2. The van der Waals surface area contributed by atoms with Crippen molar-refractivity contribution in [1.29, 1.82) is 0 Å². The average molecular weight is 387 g/mol. The van der Waals surface area contributed by atoms with Crippen LogP contribution in [0.1, 0.15) is 12.8 Å². The van der Waals surface area contributed by atoms with Gasteiger partial charge in [0.05, 0.1) is 4.88 Å². The van der Waals surface area contributed by atoms with Gasteiger partial charge in [0.15, 0.2) is 5.13 Å². The molecule has 1 aromatic carbocycles. The van der Waals surface area contributed by atoms with E-state index in [2.05, 4.69) is 9.88 Å². The van der Waals surface area contributed by atoms with Crippen molar-refractivity contribution in [2.24, 2.45) is 11.7 Å². The van der Waals surface area contributed by atoms with Crippen LogP contribution in [0.15, 0.2) is 35.4 Å². The summed E-state index contributed by atoms with van der Waals surface area (Å²) in [6, 6.07) is 6.35. The van der Waals surface area contributed by atoms with E-state index < -0.39 is 5.51 Å². The number of thioether (sulfide) groups is 1. The first-order valence-electron chi connectivity index (χ1n) is 7.68. The van der Waals surface area contributed by atoms with Crippen LogP contribution in [-0.4, -0.2) is 29.5 Å². The van der Waals surface area contributed by atoms with Crippen LogP contribution in [0, 0.1) is 5.92 Å². The van der Waals surface area contributed by atoms with E-state index in [0.29, 0.717) is 31.5 Å². The Morgan fingerprint density at radius 2 is 2.04 bits per heavy atom. The Hall–Kier alpha value is -1.74. The summed E-state index contributed by atoms with van der Waals surface area (Å²) in [6.07, 6.45) is 3.07. The first-order chi connectivity index (χ1) is 11.8. The molecule has 2 N–H and O–H groups in total. The fourth-order valence-electron chi connectivity index (χ4n) is 2.75. The molecule has 0 atom stereocenters. The molecule has 9 heteroatoms. The molecule has 1 aliphatic heterocycles. The first kappa shape index (κ1) is 18.1. The van der Waals surface area contributed by atoms with Gasteiger partial charge >= 0.3 is 5.51 Å². The van der Waals surface area contributed by atoms with Crippen molar-refractivity contribution in [1.82, 2.24) is 4.98 Å². The van der Waals surface area contributed by atoms with E-state index in [-0.39, 0.29) is 28.5 Å². The van der Waals surface area contributed by atoms with Crippen molar-refractivity contribution >= 4 is 34.1 Å². The zero-order chi connectivity index (χ0) is 18.0. The lowest BCUT2D eigenvalue weighted by Crippen LogP contribution is -2.38. The summed E-state index contributed by atoms with van der Waals surface area (Å²) >= 11 is 1.31. The third-order valence-electron chi connectivity index (χ3n) is 4.01. The third kappa shape index (κ3) is 4.66. The number of hydrogen-bond donors (Lipinski definition) is 1. The molecule has 0 spiro atoms. The number of halogens is 3. The molecule has 0 unspecified atom stereocenters. The second-order valence-corrected chi connectivity index (χ2v) is 7.89. The molecule has 25 heavy (non-hydrogen) atoms. The van der Waals surface area contributed by atoms with Gasteiger partial charge in [-0.15, -0.1) is 0 Å². The van der Waals surface area contributed by atoms with Gasteiger partial charge in [0, 0.05) is 30.1 Å². The van der Waals surface area contributed by atoms with Gasteiger partial charge in [-0.2, -0.15) is 13.2 Å². The number of benzene rings is 1. The minimum Gasteiger partial charge on any atom is -0.369 e. The minimum absolute atomic E-state index is 0.0910. The molecule has 134 valence electrons. The minimum atomic E-state index is -4.30. The maximum atomic E-state index is 12.5. The molecule has 1 saturated heterocycles. The average Bonchev–Trinajstić information content (AvgIpc) is 3.03. The molecular formula is C16H16F3N3OS2.